The van der Waals surface area contributed by atoms with E-state index in [9.17, 15) is 4.79 Å². The van der Waals surface area contributed by atoms with Crippen molar-refractivity contribution >= 4 is 17.3 Å². The van der Waals surface area contributed by atoms with E-state index in [1.165, 1.54) is 5.56 Å². The highest BCUT2D eigenvalue weighted by atomic mass is 16.5. The fourth-order valence-electron chi connectivity index (χ4n) is 3.49. The molecule has 1 aliphatic rings. The standard InChI is InChI=1S/C22H29N3O2/c1-3-18-9-5-6-10-19(18)23-22(26)17-24-13-15-25(16-14-24)20-11-7-8-12-21(20)27-4-2/h5-12H,3-4,13-17H2,1-2H3,(H,23,26). The summed E-state index contributed by atoms with van der Waals surface area (Å²) in [6, 6.07) is 16.2. The number of rotatable bonds is 7. The van der Waals surface area contributed by atoms with Gasteiger partial charge in [0.2, 0.25) is 5.91 Å². The highest BCUT2D eigenvalue weighted by Gasteiger charge is 2.21. The Balaban J connectivity index is 1.53. The number of para-hydroxylation sites is 3. The van der Waals surface area contributed by atoms with Crippen LogP contribution in [0.15, 0.2) is 48.5 Å². The minimum atomic E-state index is 0.0547. The van der Waals surface area contributed by atoms with Crippen LogP contribution in [0.2, 0.25) is 0 Å². The summed E-state index contributed by atoms with van der Waals surface area (Å²) in [5.74, 6) is 0.987. The predicted octanol–water partition coefficient (Wildman–Crippen LogP) is 3.41. The highest BCUT2D eigenvalue weighted by molar-refractivity contribution is 5.93. The van der Waals surface area contributed by atoms with E-state index in [1.807, 2.05) is 43.3 Å². The molecule has 2 aromatic rings. The van der Waals surface area contributed by atoms with Crippen molar-refractivity contribution < 1.29 is 9.53 Å². The number of ether oxygens (including phenoxy) is 1. The van der Waals surface area contributed by atoms with Gasteiger partial charge in [0.15, 0.2) is 0 Å². The molecule has 5 nitrogen and oxygen atoms in total. The SMILES string of the molecule is CCOc1ccccc1N1CCN(CC(=O)Nc2ccccc2CC)CC1. The topological polar surface area (TPSA) is 44.8 Å². The molecular weight excluding hydrogens is 338 g/mol. The molecule has 1 N–H and O–H groups in total. The molecule has 0 atom stereocenters. The minimum absolute atomic E-state index is 0.0547. The van der Waals surface area contributed by atoms with Crippen LogP contribution >= 0.6 is 0 Å². The van der Waals surface area contributed by atoms with Crippen molar-refractivity contribution in [3.63, 3.8) is 0 Å². The van der Waals surface area contributed by atoms with Gasteiger partial charge in [-0.05, 0) is 37.1 Å². The van der Waals surface area contributed by atoms with E-state index in [2.05, 4.69) is 34.2 Å². The number of anilines is 2. The summed E-state index contributed by atoms with van der Waals surface area (Å²) >= 11 is 0. The fraction of sp³-hybridized carbons (Fsp3) is 0.409. The van der Waals surface area contributed by atoms with Gasteiger partial charge in [-0.1, -0.05) is 37.3 Å². The van der Waals surface area contributed by atoms with E-state index >= 15 is 0 Å². The van der Waals surface area contributed by atoms with E-state index in [1.54, 1.807) is 0 Å². The molecule has 0 bridgehead atoms. The first kappa shape index (κ1) is 19.2. The van der Waals surface area contributed by atoms with E-state index in [0.29, 0.717) is 13.2 Å². The second-order valence-corrected chi connectivity index (χ2v) is 6.72. The first-order chi connectivity index (χ1) is 13.2. The number of hydrogen-bond acceptors (Lipinski definition) is 4. The second kappa shape index (κ2) is 9.42. The van der Waals surface area contributed by atoms with Crippen molar-refractivity contribution in [3.05, 3.63) is 54.1 Å². The fourth-order valence-corrected chi connectivity index (χ4v) is 3.49. The third-order valence-electron chi connectivity index (χ3n) is 4.92. The molecule has 1 fully saturated rings. The van der Waals surface area contributed by atoms with Crippen molar-refractivity contribution in [2.45, 2.75) is 20.3 Å². The average Bonchev–Trinajstić information content (AvgIpc) is 2.70. The zero-order chi connectivity index (χ0) is 19.1. The van der Waals surface area contributed by atoms with Gasteiger partial charge in [-0.2, -0.15) is 0 Å². The first-order valence-corrected chi connectivity index (χ1v) is 9.78. The van der Waals surface area contributed by atoms with Crippen molar-refractivity contribution in [2.75, 3.05) is 49.5 Å². The maximum absolute atomic E-state index is 12.5. The molecule has 27 heavy (non-hydrogen) atoms. The molecule has 0 radical (unpaired) electrons. The molecule has 1 saturated heterocycles. The molecule has 1 amide bonds. The van der Waals surface area contributed by atoms with Gasteiger partial charge in [-0.15, -0.1) is 0 Å². The van der Waals surface area contributed by atoms with Gasteiger partial charge in [-0.25, -0.2) is 0 Å². The lowest BCUT2D eigenvalue weighted by molar-refractivity contribution is -0.117. The van der Waals surface area contributed by atoms with Gasteiger partial charge in [-0.3, -0.25) is 9.69 Å². The van der Waals surface area contributed by atoms with Crippen LogP contribution in [0.1, 0.15) is 19.4 Å². The number of nitrogens with zero attached hydrogens (tertiary/aromatic N) is 2. The highest BCUT2D eigenvalue weighted by Crippen LogP contribution is 2.28. The molecule has 1 aliphatic heterocycles. The van der Waals surface area contributed by atoms with Gasteiger partial charge in [0.05, 0.1) is 18.8 Å². The van der Waals surface area contributed by atoms with Crippen LogP contribution in [0.5, 0.6) is 5.75 Å². The smallest absolute Gasteiger partial charge is 0.238 e. The third kappa shape index (κ3) is 5.01. The van der Waals surface area contributed by atoms with Gasteiger partial charge < -0.3 is 15.0 Å². The van der Waals surface area contributed by atoms with Crippen LogP contribution in [0.3, 0.4) is 0 Å². The molecule has 0 aromatic heterocycles. The quantitative estimate of drug-likeness (QED) is 0.815. The number of amides is 1. The number of piperazine rings is 1. The summed E-state index contributed by atoms with van der Waals surface area (Å²) in [6.45, 7) is 8.71. The molecule has 3 rings (SSSR count). The maximum atomic E-state index is 12.5. The lowest BCUT2D eigenvalue weighted by atomic mass is 10.1. The predicted molar refractivity (Wildman–Crippen MR) is 111 cm³/mol. The zero-order valence-electron chi connectivity index (χ0n) is 16.3. The van der Waals surface area contributed by atoms with E-state index in [0.717, 1.165) is 49.7 Å². The Morgan fingerprint density at radius 1 is 1.00 bits per heavy atom. The Bertz CT molecular complexity index is 755. The Kier molecular flexibility index (Phi) is 6.71. The number of carbonyl (C=O) groups excluding carboxylic acids is 1. The summed E-state index contributed by atoms with van der Waals surface area (Å²) in [7, 11) is 0. The van der Waals surface area contributed by atoms with Gasteiger partial charge in [0, 0.05) is 31.9 Å². The van der Waals surface area contributed by atoms with E-state index in [-0.39, 0.29) is 5.91 Å². The summed E-state index contributed by atoms with van der Waals surface area (Å²) in [4.78, 5) is 17.0. The van der Waals surface area contributed by atoms with Crippen molar-refractivity contribution in [2.24, 2.45) is 0 Å². The summed E-state index contributed by atoms with van der Waals surface area (Å²) in [6.07, 6.45) is 0.911. The molecule has 144 valence electrons. The van der Waals surface area contributed by atoms with Gasteiger partial charge in [0.1, 0.15) is 5.75 Å². The van der Waals surface area contributed by atoms with Crippen molar-refractivity contribution in [3.8, 4) is 5.75 Å². The van der Waals surface area contributed by atoms with Crippen molar-refractivity contribution in [1.82, 2.24) is 4.90 Å². The third-order valence-corrected chi connectivity index (χ3v) is 4.92. The maximum Gasteiger partial charge on any atom is 0.238 e. The summed E-state index contributed by atoms with van der Waals surface area (Å²) in [5, 5.41) is 3.06. The van der Waals surface area contributed by atoms with Crippen LogP contribution in [0.25, 0.3) is 0 Å². The number of aryl methyl sites for hydroxylation is 1. The Morgan fingerprint density at radius 2 is 1.70 bits per heavy atom. The molecule has 5 heteroatoms. The molecule has 1 heterocycles. The Morgan fingerprint density at radius 3 is 2.44 bits per heavy atom. The number of hydrogen-bond donors (Lipinski definition) is 1. The van der Waals surface area contributed by atoms with Gasteiger partial charge >= 0.3 is 0 Å². The number of carbonyl (C=O) groups is 1. The van der Waals surface area contributed by atoms with Crippen LogP contribution < -0.4 is 15.0 Å². The number of nitrogens with one attached hydrogen (secondary N) is 1. The lowest BCUT2D eigenvalue weighted by Gasteiger charge is -2.36. The van der Waals surface area contributed by atoms with Crippen LogP contribution in [-0.2, 0) is 11.2 Å². The second-order valence-electron chi connectivity index (χ2n) is 6.72. The summed E-state index contributed by atoms with van der Waals surface area (Å²) in [5.41, 5.74) is 3.23. The Hall–Kier alpha value is -2.53. The molecule has 0 aliphatic carbocycles. The minimum Gasteiger partial charge on any atom is -0.492 e. The molecule has 2 aromatic carbocycles. The molecular formula is C22H29N3O2. The largest absolute Gasteiger partial charge is 0.492 e. The molecule has 0 spiro atoms. The van der Waals surface area contributed by atoms with Crippen LogP contribution in [0.4, 0.5) is 11.4 Å². The molecule has 0 unspecified atom stereocenters. The van der Waals surface area contributed by atoms with Crippen LogP contribution in [-0.4, -0.2) is 50.1 Å². The Labute approximate surface area is 161 Å². The van der Waals surface area contributed by atoms with Gasteiger partial charge in [0.25, 0.3) is 0 Å². The summed E-state index contributed by atoms with van der Waals surface area (Å²) < 4.78 is 5.75. The van der Waals surface area contributed by atoms with Crippen LogP contribution in [0, 0.1) is 0 Å². The normalized spacial score (nSPS) is 14.8. The first-order valence-electron chi connectivity index (χ1n) is 9.78. The average molecular weight is 367 g/mol. The zero-order valence-corrected chi connectivity index (χ0v) is 16.3. The lowest BCUT2D eigenvalue weighted by Crippen LogP contribution is -2.48. The van der Waals surface area contributed by atoms with E-state index in [4.69, 9.17) is 4.74 Å². The van der Waals surface area contributed by atoms with E-state index < -0.39 is 0 Å². The molecule has 0 saturated carbocycles. The monoisotopic (exact) mass is 367 g/mol. The number of benzene rings is 2. The van der Waals surface area contributed by atoms with Crippen molar-refractivity contribution in [1.29, 1.82) is 0 Å².